The fourth-order valence-electron chi connectivity index (χ4n) is 1.47. The minimum absolute atomic E-state index is 0.890. The maximum atomic E-state index is 4.77. The van der Waals surface area contributed by atoms with Crippen LogP contribution in [0, 0.1) is 0 Å². The van der Waals surface area contributed by atoms with Gasteiger partial charge in [-0.15, -0.1) is 0 Å². The fraction of sp³-hybridized carbons (Fsp3) is 0.800. The lowest BCUT2D eigenvalue weighted by Gasteiger charge is -2.23. The third-order valence-corrected chi connectivity index (χ3v) is 2.91. The lowest BCUT2D eigenvalue weighted by molar-refractivity contribution is 0.211. The normalized spacial score (nSPS) is 11.3. The molecule has 0 fully saturated rings. The van der Waals surface area contributed by atoms with Crippen molar-refractivity contribution in [1.29, 1.82) is 0 Å². The van der Waals surface area contributed by atoms with Crippen LogP contribution >= 0.6 is 0 Å². The first-order valence-corrected chi connectivity index (χ1v) is 7.31. The minimum Gasteiger partial charge on any atom is -0.399 e. The zero-order valence-corrected chi connectivity index (χ0v) is 13.8. The van der Waals surface area contributed by atoms with Crippen molar-refractivity contribution in [2.24, 2.45) is 5.16 Å². The van der Waals surface area contributed by atoms with Crippen molar-refractivity contribution in [1.82, 2.24) is 9.80 Å². The molecule has 0 radical (unpaired) electrons. The quantitative estimate of drug-likeness (QED) is 0.452. The largest absolute Gasteiger partial charge is 0.399 e. The van der Waals surface area contributed by atoms with E-state index in [1.165, 1.54) is 0 Å². The number of hydrogen-bond acceptors (Lipinski definition) is 4. The summed E-state index contributed by atoms with van der Waals surface area (Å²) >= 11 is 0. The van der Waals surface area contributed by atoms with E-state index in [0.29, 0.717) is 0 Å². The van der Waals surface area contributed by atoms with Crippen molar-refractivity contribution in [2.75, 3.05) is 46.9 Å². The number of allylic oxidation sites excluding steroid dienone is 1. The lowest BCUT2D eigenvalue weighted by atomic mass is 10.2. The van der Waals surface area contributed by atoms with Gasteiger partial charge in [-0.25, -0.2) is 0 Å². The Kier molecular flexibility index (Phi) is 16.3. The van der Waals surface area contributed by atoms with Crippen molar-refractivity contribution < 1.29 is 4.84 Å². The molecule has 0 unspecified atom stereocenters. The molecule has 0 aliphatic rings. The van der Waals surface area contributed by atoms with Crippen LogP contribution in [0.5, 0.6) is 0 Å². The predicted octanol–water partition coefficient (Wildman–Crippen LogP) is 2.86. The Labute approximate surface area is 120 Å². The van der Waals surface area contributed by atoms with E-state index in [0.717, 1.165) is 44.9 Å². The first kappa shape index (κ1) is 20.4. The first-order valence-electron chi connectivity index (χ1n) is 7.31. The van der Waals surface area contributed by atoms with Gasteiger partial charge < -0.3 is 14.6 Å². The SMILES string of the molecule is C=C/C(CCN(CC)CCN(C)CC)=N\OC.CC. The number of hydrogen-bond donors (Lipinski definition) is 0. The highest BCUT2D eigenvalue weighted by molar-refractivity contribution is 5.94. The number of oxime groups is 1. The lowest BCUT2D eigenvalue weighted by Crippen LogP contribution is -2.34. The molecule has 0 aromatic rings. The summed E-state index contributed by atoms with van der Waals surface area (Å²) in [5.74, 6) is 0. The molecule has 0 aromatic heterocycles. The number of nitrogens with zero attached hydrogens (tertiary/aromatic N) is 3. The smallest absolute Gasteiger partial charge is 0.106 e. The zero-order valence-electron chi connectivity index (χ0n) is 13.8. The van der Waals surface area contributed by atoms with Crippen molar-refractivity contribution in [3.63, 3.8) is 0 Å². The molecule has 0 atom stereocenters. The highest BCUT2D eigenvalue weighted by atomic mass is 16.6. The molecule has 0 rings (SSSR count). The summed E-state index contributed by atoms with van der Waals surface area (Å²) in [7, 11) is 3.71. The van der Waals surface area contributed by atoms with Crippen LogP contribution in [0.1, 0.15) is 34.1 Å². The van der Waals surface area contributed by atoms with E-state index < -0.39 is 0 Å². The Hall–Kier alpha value is -0.870. The molecule has 4 nitrogen and oxygen atoms in total. The molecule has 0 aromatic carbocycles. The Bertz CT molecular complexity index is 229. The molecule has 4 heteroatoms. The second-order valence-electron chi connectivity index (χ2n) is 4.05. The summed E-state index contributed by atoms with van der Waals surface area (Å²) < 4.78 is 0. The van der Waals surface area contributed by atoms with E-state index in [1.807, 2.05) is 13.8 Å². The van der Waals surface area contributed by atoms with Crippen molar-refractivity contribution in [3.8, 4) is 0 Å². The first-order chi connectivity index (χ1) is 9.17. The molecule has 19 heavy (non-hydrogen) atoms. The van der Waals surface area contributed by atoms with Crippen LogP contribution in [0.3, 0.4) is 0 Å². The second kappa shape index (κ2) is 15.2. The monoisotopic (exact) mass is 271 g/mol. The van der Waals surface area contributed by atoms with Crippen LogP contribution in [0.25, 0.3) is 0 Å². The van der Waals surface area contributed by atoms with Gasteiger partial charge in [0, 0.05) is 26.1 Å². The summed E-state index contributed by atoms with van der Waals surface area (Å²) in [5, 5.41) is 3.92. The van der Waals surface area contributed by atoms with Crippen molar-refractivity contribution in [2.45, 2.75) is 34.1 Å². The number of rotatable bonds is 10. The summed E-state index contributed by atoms with van der Waals surface area (Å²) in [6.45, 7) is 17.5. The van der Waals surface area contributed by atoms with Gasteiger partial charge >= 0.3 is 0 Å². The van der Waals surface area contributed by atoms with Crippen LogP contribution in [-0.2, 0) is 4.84 Å². The van der Waals surface area contributed by atoms with Gasteiger partial charge in [-0.05, 0) is 26.2 Å². The molecular weight excluding hydrogens is 238 g/mol. The van der Waals surface area contributed by atoms with Gasteiger partial charge in [-0.2, -0.15) is 0 Å². The van der Waals surface area contributed by atoms with E-state index >= 15 is 0 Å². The van der Waals surface area contributed by atoms with E-state index in [9.17, 15) is 0 Å². The predicted molar refractivity (Wildman–Crippen MR) is 85.9 cm³/mol. The molecule has 0 spiro atoms. The van der Waals surface area contributed by atoms with Gasteiger partial charge in [0.15, 0.2) is 0 Å². The number of likely N-dealkylation sites (N-methyl/N-ethyl adjacent to an activating group) is 2. The van der Waals surface area contributed by atoms with Crippen LogP contribution in [0.4, 0.5) is 0 Å². The second-order valence-corrected chi connectivity index (χ2v) is 4.05. The molecule has 0 aliphatic carbocycles. The summed E-state index contributed by atoms with van der Waals surface area (Å²) in [4.78, 5) is 9.50. The van der Waals surface area contributed by atoms with Crippen LogP contribution < -0.4 is 0 Å². The Balaban J connectivity index is 0. The average molecular weight is 271 g/mol. The molecule has 0 saturated carbocycles. The third-order valence-electron chi connectivity index (χ3n) is 2.91. The molecule has 114 valence electrons. The topological polar surface area (TPSA) is 28.1 Å². The minimum atomic E-state index is 0.890. The van der Waals surface area contributed by atoms with Gasteiger partial charge in [-0.3, -0.25) is 0 Å². The maximum absolute atomic E-state index is 4.77. The van der Waals surface area contributed by atoms with Gasteiger partial charge in [0.1, 0.15) is 7.11 Å². The standard InChI is InChI=1S/C13H27N3O.C2H6/c1-6-13(14-17-5)9-10-16(8-3)12-11-15(4)7-2;1-2/h6H,1,7-12H2,2-5H3;1-2H3/b14-13+;. The highest BCUT2D eigenvalue weighted by Crippen LogP contribution is 1.96. The Morgan fingerprint density at radius 3 is 2.21 bits per heavy atom. The van der Waals surface area contributed by atoms with E-state index in [-0.39, 0.29) is 0 Å². The molecule has 0 aliphatic heterocycles. The van der Waals surface area contributed by atoms with E-state index in [1.54, 1.807) is 13.2 Å². The molecular formula is C15H33N3O. The molecule has 0 saturated heterocycles. The molecule has 0 amide bonds. The molecule has 0 heterocycles. The van der Waals surface area contributed by atoms with Gasteiger partial charge in [0.05, 0.1) is 5.71 Å². The average Bonchev–Trinajstić information content (AvgIpc) is 2.47. The molecule has 0 N–H and O–H groups in total. The van der Waals surface area contributed by atoms with Crippen LogP contribution in [0.2, 0.25) is 0 Å². The zero-order chi connectivity index (χ0) is 15.1. The summed E-state index contributed by atoms with van der Waals surface area (Å²) in [5.41, 5.74) is 0.912. The van der Waals surface area contributed by atoms with Gasteiger partial charge in [0.2, 0.25) is 0 Å². The Morgan fingerprint density at radius 2 is 1.79 bits per heavy atom. The van der Waals surface area contributed by atoms with E-state index in [4.69, 9.17) is 4.84 Å². The van der Waals surface area contributed by atoms with Crippen LogP contribution in [0.15, 0.2) is 17.8 Å². The fourth-order valence-corrected chi connectivity index (χ4v) is 1.47. The third kappa shape index (κ3) is 11.9. The molecule has 0 bridgehead atoms. The van der Waals surface area contributed by atoms with Gasteiger partial charge in [-0.1, -0.05) is 39.4 Å². The highest BCUT2D eigenvalue weighted by Gasteiger charge is 2.05. The van der Waals surface area contributed by atoms with Gasteiger partial charge in [0.25, 0.3) is 0 Å². The summed E-state index contributed by atoms with van der Waals surface area (Å²) in [6, 6.07) is 0. The maximum Gasteiger partial charge on any atom is 0.106 e. The van der Waals surface area contributed by atoms with Crippen molar-refractivity contribution >= 4 is 5.71 Å². The summed E-state index contributed by atoms with van der Waals surface area (Å²) in [6.07, 6.45) is 2.65. The van der Waals surface area contributed by atoms with Crippen molar-refractivity contribution in [3.05, 3.63) is 12.7 Å². The van der Waals surface area contributed by atoms with Crippen LogP contribution in [-0.4, -0.2) is 62.4 Å². The Morgan fingerprint density at radius 1 is 1.16 bits per heavy atom. The van der Waals surface area contributed by atoms with E-state index in [2.05, 4.69) is 42.4 Å².